The Balaban J connectivity index is 2.06. The first-order chi connectivity index (χ1) is 11.2. The van der Waals surface area contributed by atoms with Gasteiger partial charge in [0.25, 0.3) is 0 Å². The number of ether oxygens (including phenoxy) is 1. The van der Waals surface area contributed by atoms with E-state index < -0.39 is 0 Å². The van der Waals surface area contributed by atoms with Crippen LogP contribution in [0.25, 0.3) is 16.9 Å². The second-order valence-electron chi connectivity index (χ2n) is 5.31. The standard InChI is InChI=1S/C19H18N2O2/c1-3-19(22)23-18-13-17(15-7-5-4-6-8-15)20-21(18)16-11-9-14(2)10-12-16/h4-13H,3H2,1-2H3. The fraction of sp³-hybridized carbons (Fsp3) is 0.158. The first kappa shape index (κ1) is 15.0. The Morgan fingerprint density at radius 1 is 1.09 bits per heavy atom. The number of rotatable bonds is 4. The van der Waals surface area contributed by atoms with Crippen LogP contribution in [-0.2, 0) is 4.79 Å². The molecule has 0 fully saturated rings. The molecule has 0 aliphatic heterocycles. The molecular weight excluding hydrogens is 288 g/mol. The van der Waals surface area contributed by atoms with Gasteiger partial charge >= 0.3 is 5.97 Å². The molecule has 4 nitrogen and oxygen atoms in total. The SMILES string of the molecule is CCC(=O)Oc1cc(-c2ccccc2)nn1-c1ccc(C)cc1. The molecule has 0 bridgehead atoms. The second kappa shape index (κ2) is 6.48. The van der Waals surface area contributed by atoms with Crippen molar-refractivity contribution in [1.29, 1.82) is 0 Å². The van der Waals surface area contributed by atoms with Crippen LogP contribution in [0.5, 0.6) is 5.88 Å². The molecule has 23 heavy (non-hydrogen) atoms. The number of carbonyl (C=O) groups excluding carboxylic acids is 1. The van der Waals surface area contributed by atoms with Crippen molar-refractivity contribution in [3.8, 4) is 22.8 Å². The molecule has 116 valence electrons. The van der Waals surface area contributed by atoms with Crippen molar-refractivity contribution in [2.75, 3.05) is 0 Å². The van der Waals surface area contributed by atoms with Crippen LogP contribution in [0.3, 0.4) is 0 Å². The summed E-state index contributed by atoms with van der Waals surface area (Å²) in [5, 5.41) is 4.61. The normalized spacial score (nSPS) is 10.5. The van der Waals surface area contributed by atoms with Crippen LogP contribution in [0.1, 0.15) is 18.9 Å². The van der Waals surface area contributed by atoms with E-state index in [0.717, 1.165) is 22.5 Å². The fourth-order valence-corrected chi connectivity index (χ4v) is 2.25. The zero-order valence-electron chi connectivity index (χ0n) is 13.2. The fourth-order valence-electron chi connectivity index (χ4n) is 2.25. The minimum Gasteiger partial charge on any atom is -0.407 e. The van der Waals surface area contributed by atoms with Crippen LogP contribution in [0.2, 0.25) is 0 Å². The third-order valence-electron chi connectivity index (χ3n) is 3.53. The summed E-state index contributed by atoms with van der Waals surface area (Å²) >= 11 is 0. The molecule has 1 aromatic heterocycles. The lowest BCUT2D eigenvalue weighted by Crippen LogP contribution is -2.09. The maximum Gasteiger partial charge on any atom is 0.312 e. The predicted octanol–water partition coefficient (Wildman–Crippen LogP) is 4.16. The predicted molar refractivity (Wildman–Crippen MR) is 89.7 cm³/mol. The summed E-state index contributed by atoms with van der Waals surface area (Å²) in [6.07, 6.45) is 0.319. The molecular formula is C19H18N2O2. The van der Waals surface area contributed by atoms with Crippen molar-refractivity contribution in [3.05, 3.63) is 66.2 Å². The highest BCUT2D eigenvalue weighted by Gasteiger charge is 2.14. The Hall–Kier alpha value is -2.88. The van der Waals surface area contributed by atoms with E-state index in [-0.39, 0.29) is 5.97 Å². The van der Waals surface area contributed by atoms with Crippen molar-refractivity contribution in [2.24, 2.45) is 0 Å². The van der Waals surface area contributed by atoms with Gasteiger partial charge in [-0.25, -0.2) is 4.68 Å². The first-order valence-electron chi connectivity index (χ1n) is 7.60. The molecule has 1 heterocycles. The highest BCUT2D eigenvalue weighted by Crippen LogP contribution is 2.26. The molecule has 0 aliphatic carbocycles. The minimum atomic E-state index is -0.280. The van der Waals surface area contributed by atoms with E-state index in [1.165, 1.54) is 0 Å². The molecule has 2 aromatic carbocycles. The molecule has 0 unspecified atom stereocenters. The first-order valence-corrected chi connectivity index (χ1v) is 7.60. The molecule has 0 atom stereocenters. The van der Waals surface area contributed by atoms with E-state index in [2.05, 4.69) is 5.10 Å². The van der Waals surface area contributed by atoms with Crippen molar-refractivity contribution < 1.29 is 9.53 Å². The lowest BCUT2D eigenvalue weighted by molar-refractivity contribution is -0.134. The summed E-state index contributed by atoms with van der Waals surface area (Å²) in [7, 11) is 0. The van der Waals surface area contributed by atoms with E-state index in [1.54, 1.807) is 17.7 Å². The van der Waals surface area contributed by atoms with Crippen molar-refractivity contribution >= 4 is 5.97 Å². The lowest BCUT2D eigenvalue weighted by atomic mass is 10.2. The average molecular weight is 306 g/mol. The third-order valence-corrected chi connectivity index (χ3v) is 3.53. The maximum atomic E-state index is 11.7. The topological polar surface area (TPSA) is 44.1 Å². The highest BCUT2D eigenvalue weighted by atomic mass is 16.5. The summed E-state index contributed by atoms with van der Waals surface area (Å²) in [6, 6.07) is 19.5. The van der Waals surface area contributed by atoms with E-state index >= 15 is 0 Å². The number of hydrogen-bond acceptors (Lipinski definition) is 3. The highest BCUT2D eigenvalue weighted by molar-refractivity contribution is 5.72. The van der Waals surface area contributed by atoms with Gasteiger partial charge in [0.2, 0.25) is 5.88 Å². The molecule has 0 saturated heterocycles. The van der Waals surface area contributed by atoms with Gasteiger partial charge in [-0.05, 0) is 19.1 Å². The van der Waals surface area contributed by atoms with Crippen molar-refractivity contribution in [3.63, 3.8) is 0 Å². The average Bonchev–Trinajstić information content (AvgIpc) is 3.00. The zero-order valence-corrected chi connectivity index (χ0v) is 13.2. The van der Waals surface area contributed by atoms with E-state index in [0.29, 0.717) is 12.3 Å². The molecule has 3 aromatic rings. The number of carbonyl (C=O) groups is 1. The summed E-state index contributed by atoms with van der Waals surface area (Å²) in [5.41, 5.74) is 3.77. The number of hydrogen-bond donors (Lipinski definition) is 0. The summed E-state index contributed by atoms with van der Waals surface area (Å²) in [5.74, 6) is 0.150. The maximum absolute atomic E-state index is 11.7. The Morgan fingerprint density at radius 3 is 2.43 bits per heavy atom. The molecule has 0 spiro atoms. The number of nitrogens with zero attached hydrogens (tertiary/aromatic N) is 2. The number of esters is 1. The molecule has 0 saturated carbocycles. The lowest BCUT2D eigenvalue weighted by Gasteiger charge is -2.07. The molecule has 0 N–H and O–H groups in total. The Labute approximate surface area is 135 Å². The smallest absolute Gasteiger partial charge is 0.312 e. The summed E-state index contributed by atoms with van der Waals surface area (Å²) in [6.45, 7) is 3.80. The quantitative estimate of drug-likeness (QED) is 0.680. The Kier molecular flexibility index (Phi) is 4.24. The summed E-state index contributed by atoms with van der Waals surface area (Å²) in [4.78, 5) is 11.7. The van der Waals surface area contributed by atoms with Crippen LogP contribution in [0.4, 0.5) is 0 Å². The largest absolute Gasteiger partial charge is 0.407 e. The van der Waals surface area contributed by atoms with Gasteiger partial charge in [0, 0.05) is 18.1 Å². The van der Waals surface area contributed by atoms with Gasteiger partial charge in [0.05, 0.1) is 11.4 Å². The zero-order chi connectivity index (χ0) is 16.2. The number of aromatic nitrogens is 2. The van der Waals surface area contributed by atoms with Crippen LogP contribution < -0.4 is 4.74 Å². The monoisotopic (exact) mass is 306 g/mol. The van der Waals surface area contributed by atoms with Gasteiger partial charge < -0.3 is 4.74 Å². The molecule has 0 aliphatic rings. The molecule has 4 heteroatoms. The van der Waals surface area contributed by atoms with Gasteiger partial charge in [0.1, 0.15) is 0 Å². The Bertz CT molecular complexity index is 805. The molecule has 3 rings (SSSR count). The van der Waals surface area contributed by atoms with E-state index in [4.69, 9.17) is 4.74 Å². The Morgan fingerprint density at radius 2 is 1.78 bits per heavy atom. The van der Waals surface area contributed by atoms with Gasteiger partial charge in [-0.1, -0.05) is 55.0 Å². The van der Waals surface area contributed by atoms with Crippen LogP contribution in [-0.4, -0.2) is 15.7 Å². The van der Waals surface area contributed by atoms with E-state index in [9.17, 15) is 4.79 Å². The van der Waals surface area contributed by atoms with Gasteiger partial charge in [-0.3, -0.25) is 4.79 Å². The van der Waals surface area contributed by atoms with Gasteiger partial charge in [-0.15, -0.1) is 0 Å². The van der Waals surface area contributed by atoms with Gasteiger partial charge in [-0.2, -0.15) is 5.10 Å². The number of benzene rings is 2. The van der Waals surface area contributed by atoms with Crippen molar-refractivity contribution in [1.82, 2.24) is 9.78 Å². The van der Waals surface area contributed by atoms with E-state index in [1.807, 2.05) is 61.5 Å². The van der Waals surface area contributed by atoms with Gasteiger partial charge in [0.15, 0.2) is 0 Å². The third kappa shape index (κ3) is 3.31. The molecule has 0 radical (unpaired) electrons. The van der Waals surface area contributed by atoms with Crippen molar-refractivity contribution in [2.45, 2.75) is 20.3 Å². The van der Waals surface area contributed by atoms with Crippen LogP contribution in [0, 0.1) is 6.92 Å². The minimum absolute atomic E-state index is 0.280. The van der Waals surface area contributed by atoms with Crippen LogP contribution in [0.15, 0.2) is 60.7 Å². The molecule has 0 amide bonds. The summed E-state index contributed by atoms with van der Waals surface area (Å²) < 4.78 is 7.11. The second-order valence-corrected chi connectivity index (χ2v) is 5.31. The number of aryl methyl sites for hydroxylation is 1. The van der Waals surface area contributed by atoms with Crippen LogP contribution >= 0.6 is 0 Å².